The molecule has 3 aromatic heterocycles. The van der Waals surface area contributed by atoms with Crippen molar-refractivity contribution >= 4 is 33.8 Å². The number of anilines is 2. The van der Waals surface area contributed by atoms with Crippen LogP contribution in [0.1, 0.15) is 16.1 Å². The van der Waals surface area contributed by atoms with Crippen molar-refractivity contribution in [3.8, 4) is 0 Å². The Bertz CT molecular complexity index is 1220. The number of pyridine rings is 1. The van der Waals surface area contributed by atoms with Gasteiger partial charge in [0.1, 0.15) is 5.52 Å². The second-order valence-electron chi connectivity index (χ2n) is 7.16. The zero-order valence-electron chi connectivity index (χ0n) is 15.9. The first kappa shape index (κ1) is 17.6. The number of halogens is 1. The quantitative estimate of drug-likeness (QED) is 0.497. The Hall–Kier alpha value is -3.46. The van der Waals surface area contributed by atoms with Gasteiger partial charge in [-0.15, -0.1) is 0 Å². The highest BCUT2D eigenvalue weighted by Gasteiger charge is 2.19. The van der Waals surface area contributed by atoms with Crippen LogP contribution in [0.25, 0.3) is 16.6 Å². The van der Waals surface area contributed by atoms with Crippen LogP contribution in [0.4, 0.5) is 15.8 Å². The first-order valence-electron chi connectivity index (χ1n) is 9.48. The van der Waals surface area contributed by atoms with Crippen molar-refractivity contribution in [2.45, 2.75) is 6.92 Å². The summed E-state index contributed by atoms with van der Waals surface area (Å²) in [5.41, 5.74) is 3.37. The summed E-state index contributed by atoms with van der Waals surface area (Å²) < 4.78 is 15.9. The topological polar surface area (TPSA) is 90.3 Å². The van der Waals surface area contributed by atoms with E-state index in [9.17, 15) is 9.18 Å². The van der Waals surface area contributed by atoms with Gasteiger partial charge in [-0.1, -0.05) is 0 Å². The number of benzene rings is 1. The standard InChI is InChI=1S/C20H20FN7O/c1-12-10-28-11-13(8-16(21)19(28)24-12)25-20(29)14-2-3-17(15-9-23-26-18(14)15)27-6-4-22-5-7-27/h2-3,8-11,22H,4-7H2,1H3,(H,23,26)(H,25,29). The van der Waals surface area contributed by atoms with Crippen molar-refractivity contribution in [1.82, 2.24) is 24.9 Å². The van der Waals surface area contributed by atoms with Crippen molar-refractivity contribution < 1.29 is 9.18 Å². The van der Waals surface area contributed by atoms with Gasteiger partial charge < -0.3 is 19.9 Å². The molecule has 4 heterocycles. The van der Waals surface area contributed by atoms with Crippen LogP contribution in [-0.4, -0.2) is 51.7 Å². The van der Waals surface area contributed by atoms with Crippen molar-refractivity contribution in [3.63, 3.8) is 0 Å². The van der Waals surface area contributed by atoms with Gasteiger partial charge in [-0.25, -0.2) is 9.37 Å². The fourth-order valence-electron chi connectivity index (χ4n) is 3.83. The maximum Gasteiger partial charge on any atom is 0.257 e. The summed E-state index contributed by atoms with van der Waals surface area (Å²) in [6, 6.07) is 4.99. The molecule has 9 heteroatoms. The molecule has 8 nitrogen and oxygen atoms in total. The first-order chi connectivity index (χ1) is 14.1. The Kier molecular flexibility index (Phi) is 4.17. The zero-order chi connectivity index (χ0) is 20.0. The number of nitrogens with zero attached hydrogens (tertiary/aromatic N) is 4. The van der Waals surface area contributed by atoms with Crippen LogP contribution in [-0.2, 0) is 0 Å². The molecule has 0 radical (unpaired) electrons. The van der Waals surface area contributed by atoms with Crippen LogP contribution in [0.5, 0.6) is 0 Å². The molecule has 0 spiro atoms. The number of nitrogens with one attached hydrogen (secondary N) is 3. The zero-order valence-corrected chi connectivity index (χ0v) is 15.9. The highest BCUT2D eigenvalue weighted by Crippen LogP contribution is 2.29. The van der Waals surface area contributed by atoms with Crippen LogP contribution in [0.15, 0.2) is 36.8 Å². The number of piperazine rings is 1. The molecule has 1 amide bonds. The summed E-state index contributed by atoms with van der Waals surface area (Å²) in [7, 11) is 0. The lowest BCUT2D eigenvalue weighted by atomic mass is 10.1. The van der Waals surface area contributed by atoms with E-state index in [1.54, 1.807) is 29.8 Å². The predicted octanol–water partition coefficient (Wildman–Crippen LogP) is 2.32. The molecule has 0 bridgehead atoms. The number of carbonyl (C=O) groups excluding carboxylic acids is 1. The molecule has 1 fully saturated rings. The molecule has 1 saturated heterocycles. The van der Waals surface area contributed by atoms with Crippen LogP contribution in [0.2, 0.25) is 0 Å². The van der Waals surface area contributed by atoms with Gasteiger partial charge in [0.05, 0.1) is 16.9 Å². The summed E-state index contributed by atoms with van der Waals surface area (Å²) in [6.07, 6.45) is 5.17. The summed E-state index contributed by atoms with van der Waals surface area (Å²) >= 11 is 0. The minimum Gasteiger partial charge on any atom is -0.368 e. The lowest BCUT2D eigenvalue weighted by Gasteiger charge is -2.30. The molecule has 0 unspecified atom stereocenters. The molecule has 0 saturated carbocycles. The number of fused-ring (bicyclic) bond motifs is 2. The molecule has 1 aliphatic heterocycles. The smallest absolute Gasteiger partial charge is 0.257 e. The number of amides is 1. The molecule has 5 rings (SSSR count). The van der Waals surface area contributed by atoms with Crippen molar-refractivity contribution in [3.05, 3.63) is 53.9 Å². The van der Waals surface area contributed by atoms with Gasteiger partial charge in [-0.3, -0.25) is 9.89 Å². The van der Waals surface area contributed by atoms with Gasteiger partial charge >= 0.3 is 0 Å². The molecule has 29 heavy (non-hydrogen) atoms. The third kappa shape index (κ3) is 3.09. The fourth-order valence-corrected chi connectivity index (χ4v) is 3.83. The SMILES string of the molecule is Cc1cn2cc(NC(=O)c3ccc(N4CCNCC4)c4c[nH]nc34)cc(F)c2n1. The lowest BCUT2D eigenvalue weighted by Crippen LogP contribution is -2.43. The monoisotopic (exact) mass is 393 g/mol. The number of hydrogen-bond donors (Lipinski definition) is 3. The third-order valence-electron chi connectivity index (χ3n) is 5.17. The van der Waals surface area contributed by atoms with Crippen molar-refractivity contribution in [2.75, 3.05) is 36.4 Å². The lowest BCUT2D eigenvalue weighted by molar-refractivity contribution is 0.102. The van der Waals surface area contributed by atoms with E-state index in [1.165, 1.54) is 6.07 Å². The van der Waals surface area contributed by atoms with Gasteiger partial charge in [0, 0.05) is 61.9 Å². The summed E-state index contributed by atoms with van der Waals surface area (Å²) in [5.74, 6) is -0.834. The molecule has 1 aromatic carbocycles. The molecular formula is C20H20FN7O. The number of aryl methyl sites for hydroxylation is 1. The minimum atomic E-state index is -0.491. The van der Waals surface area contributed by atoms with Crippen LogP contribution in [0.3, 0.4) is 0 Å². The van der Waals surface area contributed by atoms with Crippen molar-refractivity contribution in [1.29, 1.82) is 0 Å². The van der Waals surface area contributed by atoms with Gasteiger partial charge in [0.2, 0.25) is 0 Å². The fraction of sp³-hybridized carbons (Fsp3) is 0.250. The largest absolute Gasteiger partial charge is 0.368 e. The molecule has 4 aromatic rings. The molecular weight excluding hydrogens is 373 g/mol. The van der Waals surface area contributed by atoms with Gasteiger partial charge in [0.15, 0.2) is 11.5 Å². The van der Waals surface area contributed by atoms with Crippen LogP contribution < -0.4 is 15.5 Å². The predicted molar refractivity (Wildman–Crippen MR) is 109 cm³/mol. The first-order valence-corrected chi connectivity index (χ1v) is 9.48. The van der Waals surface area contributed by atoms with E-state index in [1.807, 2.05) is 12.3 Å². The van der Waals surface area contributed by atoms with E-state index in [4.69, 9.17) is 0 Å². The maximum absolute atomic E-state index is 14.3. The summed E-state index contributed by atoms with van der Waals surface area (Å²) in [6.45, 7) is 5.43. The summed E-state index contributed by atoms with van der Waals surface area (Å²) in [5, 5.41) is 14.2. The highest BCUT2D eigenvalue weighted by atomic mass is 19.1. The number of aromatic nitrogens is 4. The number of hydrogen-bond acceptors (Lipinski definition) is 5. The van der Waals surface area contributed by atoms with E-state index in [2.05, 4.69) is 30.7 Å². The number of carbonyl (C=O) groups is 1. The third-order valence-corrected chi connectivity index (χ3v) is 5.17. The van der Waals surface area contributed by atoms with E-state index in [0.29, 0.717) is 22.5 Å². The molecule has 1 aliphatic rings. The maximum atomic E-state index is 14.3. The molecule has 0 aliphatic carbocycles. The Labute approximate surface area is 165 Å². The minimum absolute atomic E-state index is 0.232. The molecule has 3 N–H and O–H groups in total. The second kappa shape index (κ2) is 6.85. The average Bonchev–Trinajstić information content (AvgIpc) is 3.34. The van der Waals surface area contributed by atoms with Crippen LogP contribution in [0, 0.1) is 12.7 Å². The number of imidazole rings is 1. The van der Waals surface area contributed by atoms with Crippen LogP contribution >= 0.6 is 0 Å². The van der Waals surface area contributed by atoms with E-state index in [0.717, 1.165) is 37.3 Å². The van der Waals surface area contributed by atoms with E-state index in [-0.39, 0.29) is 11.6 Å². The normalized spacial score (nSPS) is 14.6. The Morgan fingerprint density at radius 3 is 2.90 bits per heavy atom. The van der Waals surface area contributed by atoms with Gasteiger partial charge in [0.25, 0.3) is 5.91 Å². The highest BCUT2D eigenvalue weighted by molar-refractivity contribution is 6.13. The second-order valence-corrected chi connectivity index (χ2v) is 7.16. The number of rotatable bonds is 3. The summed E-state index contributed by atoms with van der Waals surface area (Å²) in [4.78, 5) is 19.3. The Morgan fingerprint density at radius 1 is 1.24 bits per heavy atom. The van der Waals surface area contributed by atoms with E-state index >= 15 is 0 Å². The van der Waals surface area contributed by atoms with E-state index < -0.39 is 5.82 Å². The number of aromatic amines is 1. The van der Waals surface area contributed by atoms with Crippen molar-refractivity contribution in [2.24, 2.45) is 0 Å². The Morgan fingerprint density at radius 2 is 2.07 bits per heavy atom. The van der Waals surface area contributed by atoms with Gasteiger partial charge in [-0.2, -0.15) is 5.10 Å². The Balaban J connectivity index is 1.48. The molecule has 0 atom stereocenters. The van der Waals surface area contributed by atoms with Gasteiger partial charge in [-0.05, 0) is 19.1 Å². The average molecular weight is 393 g/mol. The number of H-pyrrole nitrogens is 1. The molecule has 148 valence electrons.